The van der Waals surface area contributed by atoms with Crippen LogP contribution in [0.4, 0.5) is 0 Å². The minimum absolute atomic E-state index is 0.205. The maximum atomic E-state index is 11.9. The van der Waals surface area contributed by atoms with Crippen LogP contribution in [0.25, 0.3) is 6.08 Å². The Morgan fingerprint density at radius 2 is 1.64 bits per heavy atom. The van der Waals surface area contributed by atoms with E-state index in [9.17, 15) is 8.42 Å². The molecule has 0 aliphatic rings. The molecule has 0 aromatic heterocycles. The molecule has 1 N–H and O–H groups in total. The number of benzene rings is 2. The second-order valence-electron chi connectivity index (χ2n) is 4.85. The molecule has 4 nitrogen and oxygen atoms in total. The predicted molar refractivity (Wildman–Crippen MR) is 88.9 cm³/mol. The highest BCUT2D eigenvalue weighted by Gasteiger charge is 2.09. The van der Waals surface area contributed by atoms with Crippen molar-refractivity contribution in [2.75, 3.05) is 6.54 Å². The molecule has 0 fully saturated rings. The molecule has 0 heterocycles. The van der Waals surface area contributed by atoms with E-state index in [2.05, 4.69) is 4.72 Å². The molecule has 0 radical (unpaired) electrons. The summed E-state index contributed by atoms with van der Waals surface area (Å²) < 4.78 is 31.9. The van der Waals surface area contributed by atoms with Crippen LogP contribution < -0.4 is 9.46 Å². The summed E-state index contributed by atoms with van der Waals surface area (Å²) in [6.45, 7) is 2.02. The van der Waals surface area contributed by atoms with Crippen LogP contribution in [-0.4, -0.2) is 21.1 Å². The summed E-state index contributed by atoms with van der Waals surface area (Å²) >= 11 is 0. The highest BCUT2D eigenvalue weighted by Crippen LogP contribution is 2.10. The second kappa shape index (κ2) is 7.77. The smallest absolute Gasteiger partial charge is 0.233 e. The van der Waals surface area contributed by atoms with Gasteiger partial charge in [-0.2, -0.15) is 0 Å². The Balaban J connectivity index is 1.86. The van der Waals surface area contributed by atoms with Gasteiger partial charge in [0.25, 0.3) is 0 Å². The summed E-state index contributed by atoms with van der Waals surface area (Å²) in [6, 6.07) is 18.6. The first-order valence-corrected chi connectivity index (χ1v) is 8.54. The summed E-state index contributed by atoms with van der Waals surface area (Å²) in [5, 5.41) is 1.16. The molecular formula is C17H19NO3S. The van der Waals surface area contributed by atoms with E-state index in [1.54, 1.807) is 6.08 Å². The maximum Gasteiger partial charge on any atom is 0.233 e. The third-order valence-corrected chi connectivity index (χ3v) is 3.96. The van der Waals surface area contributed by atoms with Crippen molar-refractivity contribution in [3.8, 4) is 5.75 Å². The van der Waals surface area contributed by atoms with E-state index in [1.807, 2.05) is 67.6 Å². The molecule has 1 unspecified atom stereocenters. The molecular weight excluding hydrogens is 298 g/mol. The van der Waals surface area contributed by atoms with Gasteiger partial charge in [0.15, 0.2) is 0 Å². The third-order valence-electron chi connectivity index (χ3n) is 2.89. The van der Waals surface area contributed by atoms with Crippen LogP contribution >= 0.6 is 0 Å². The summed E-state index contributed by atoms with van der Waals surface area (Å²) in [7, 11) is -3.48. The largest absolute Gasteiger partial charge is 0.489 e. The lowest BCUT2D eigenvalue weighted by Crippen LogP contribution is -2.32. The van der Waals surface area contributed by atoms with Gasteiger partial charge in [-0.15, -0.1) is 0 Å². The monoisotopic (exact) mass is 317 g/mol. The Kier molecular flexibility index (Phi) is 5.75. The standard InChI is InChI=1S/C17H19NO3S/c1-15(21-17-10-6-3-7-11-17)14-18-22(19,20)13-12-16-8-4-2-5-9-16/h2-13,15,18H,14H2,1H3. The number of rotatable bonds is 7. The van der Waals surface area contributed by atoms with Gasteiger partial charge >= 0.3 is 0 Å². The van der Waals surface area contributed by atoms with Gasteiger partial charge in [0.05, 0.1) is 0 Å². The van der Waals surface area contributed by atoms with Crippen molar-refractivity contribution in [2.24, 2.45) is 0 Å². The lowest BCUT2D eigenvalue weighted by atomic mass is 10.2. The quantitative estimate of drug-likeness (QED) is 0.854. The van der Waals surface area contributed by atoms with E-state index in [0.717, 1.165) is 11.0 Å². The first-order valence-electron chi connectivity index (χ1n) is 7.00. The van der Waals surface area contributed by atoms with Crippen molar-refractivity contribution in [1.29, 1.82) is 0 Å². The van der Waals surface area contributed by atoms with Gasteiger partial charge in [0.2, 0.25) is 10.0 Å². The Morgan fingerprint density at radius 3 is 2.27 bits per heavy atom. The van der Waals surface area contributed by atoms with Crippen LogP contribution in [0.1, 0.15) is 12.5 Å². The van der Waals surface area contributed by atoms with Crippen LogP contribution in [0.15, 0.2) is 66.1 Å². The summed E-state index contributed by atoms with van der Waals surface area (Å²) in [6.07, 6.45) is 1.30. The molecule has 0 aliphatic carbocycles. The molecule has 116 valence electrons. The van der Waals surface area contributed by atoms with E-state index >= 15 is 0 Å². The molecule has 0 saturated carbocycles. The molecule has 22 heavy (non-hydrogen) atoms. The first kappa shape index (κ1) is 16.3. The van der Waals surface area contributed by atoms with Crippen molar-refractivity contribution in [1.82, 2.24) is 4.72 Å². The second-order valence-corrected chi connectivity index (χ2v) is 6.50. The summed E-state index contributed by atoms with van der Waals surface area (Å²) in [4.78, 5) is 0. The maximum absolute atomic E-state index is 11.9. The van der Waals surface area contributed by atoms with Gasteiger partial charge in [0, 0.05) is 12.0 Å². The van der Waals surface area contributed by atoms with E-state index in [-0.39, 0.29) is 12.6 Å². The molecule has 2 aromatic rings. The number of hydrogen-bond acceptors (Lipinski definition) is 3. The summed E-state index contributed by atoms with van der Waals surface area (Å²) in [5.74, 6) is 0.717. The van der Waals surface area contributed by atoms with Crippen LogP contribution in [0.2, 0.25) is 0 Å². The first-order chi connectivity index (χ1) is 10.6. The van der Waals surface area contributed by atoms with Gasteiger partial charge < -0.3 is 4.74 Å². The fourth-order valence-electron chi connectivity index (χ4n) is 1.79. The van der Waals surface area contributed by atoms with E-state index in [1.165, 1.54) is 0 Å². The average molecular weight is 317 g/mol. The van der Waals surface area contributed by atoms with Gasteiger partial charge in [-0.05, 0) is 30.7 Å². The Hall–Kier alpha value is -2.11. The van der Waals surface area contributed by atoms with E-state index in [4.69, 9.17) is 4.74 Å². The Morgan fingerprint density at radius 1 is 1.05 bits per heavy atom. The van der Waals surface area contributed by atoms with Crippen molar-refractivity contribution in [3.05, 3.63) is 71.6 Å². The Bertz CT molecular complexity index is 697. The number of hydrogen-bond donors (Lipinski definition) is 1. The van der Waals surface area contributed by atoms with Crippen molar-refractivity contribution >= 4 is 16.1 Å². The van der Waals surface area contributed by atoms with Crippen LogP contribution in [-0.2, 0) is 10.0 Å². The van der Waals surface area contributed by atoms with Crippen LogP contribution in [0, 0.1) is 0 Å². The molecule has 0 spiro atoms. The zero-order chi connectivity index (χ0) is 15.8. The normalized spacial score (nSPS) is 13.1. The molecule has 0 saturated heterocycles. The van der Waals surface area contributed by atoms with Gasteiger partial charge in [0.1, 0.15) is 11.9 Å². The molecule has 1 atom stereocenters. The van der Waals surface area contributed by atoms with Gasteiger partial charge in [-0.1, -0.05) is 48.5 Å². The number of ether oxygens (including phenoxy) is 1. The van der Waals surface area contributed by atoms with Crippen LogP contribution in [0.5, 0.6) is 5.75 Å². The van der Waals surface area contributed by atoms with Gasteiger partial charge in [-0.25, -0.2) is 13.1 Å². The Labute approximate surface area is 131 Å². The zero-order valence-corrected chi connectivity index (χ0v) is 13.2. The molecule has 0 amide bonds. The van der Waals surface area contributed by atoms with Crippen molar-refractivity contribution < 1.29 is 13.2 Å². The fraction of sp³-hybridized carbons (Fsp3) is 0.176. The topological polar surface area (TPSA) is 55.4 Å². The minimum atomic E-state index is -3.48. The zero-order valence-electron chi connectivity index (χ0n) is 12.3. The van der Waals surface area contributed by atoms with Crippen molar-refractivity contribution in [3.63, 3.8) is 0 Å². The SMILES string of the molecule is CC(CNS(=O)(=O)C=Cc1ccccc1)Oc1ccccc1. The average Bonchev–Trinajstić information content (AvgIpc) is 2.53. The van der Waals surface area contributed by atoms with E-state index in [0.29, 0.717) is 5.75 Å². The molecule has 2 aromatic carbocycles. The summed E-state index contributed by atoms with van der Waals surface area (Å²) in [5.41, 5.74) is 0.835. The lowest BCUT2D eigenvalue weighted by Gasteiger charge is -2.14. The third kappa shape index (κ3) is 5.71. The number of sulfonamides is 1. The van der Waals surface area contributed by atoms with Crippen LogP contribution in [0.3, 0.4) is 0 Å². The molecule has 0 aliphatic heterocycles. The minimum Gasteiger partial charge on any atom is -0.489 e. The number of para-hydroxylation sites is 1. The van der Waals surface area contributed by atoms with E-state index < -0.39 is 10.0 Å². The highest BCUT2D eigenvalue weighted by molar-refractivity contribution is 7.92. The predicted octanol–water partition coefficient (Wildman–Crippen LogP) is 3.04. The van der Waals surface area contributed by atoms with Gasteiger partial charge in [-0.3, -0.25) is 0 Å². The lowest BCUT2D eigenvalue weighted by molar-refractivity contribution is 0.225. The number of nitrogens with one attached hydrogen (secondary N) is 1. The molecule has 5 heteroatoms. The molecule has 2 rings (SSSR count). The highest BCUT2D eigenvalue weighted by atomic mass is 32.2. The molecule has 0 bridgehead atoms. The fourth-order valence-corrected chi connectivity index (χ4v) is 2.69. The van der Waals surface area contributed by atoms with Crippen molar-refractivity contribution in [2.45, 2.75) is 13.0 Å².